The number of benzene rings is 2. The molecule has 0 aliphatic carbocycles. The molecule has 0 amide bonds. The summed E-state index contributed by atoms with van der Waals surface area (Å²) >= 11 is 0. The minimum atomic E-state index is -3.83. The normalized spacial score (nSPS) is 12.1. The van der Waals surface area contributed by atoms with E-state index in [9.17, 15) is 8.42 Å². The zero-order chi connectivity index (χ0) is 23.6. The number of fused-ring (bicyclic) bond motifs is 3. The molecule has 33 heavy (non-hydrogen) atoms. The van der Waals surface area contributed by atoms with E-state index in [1.54, 1.807) is 12.1 Å². The van der Waals surface area contributed by atoms with E-state index >= 15 is 0 Å². The Morgan fingerprint density at radius 1 is 0.939 bits per heavy atom. The summed E-state index contributed by atoms with van der Waals surface area (Å²) < 4.78 is 26.2. The summed E-state index contributed by atoms with van der Waals surface area (Å²) in [6.45, 7) is 2.89. The largest absolute Gasteiger partial charge is 0.398 e. The number of hydrogen-bond donors (Lipinski definition) is 3. The van der Waals surface area contributed by atoms with Gasteiger partial charge in [-0.25, -0.2) is 23.5 Å². The Balaban J connectivity index is 1.64. The Labute approximate surface area is 193 Å². The molecule has 0 spiro atoms. The third-order valence-electron chi connectivity index (χ3n) is 5.98. The molecule has 2 aromatic heterocycles. The highest BCUT2D eigenvalue weighted by Crippen LogP contribution is 2.30. The fourth-order valence-electron chi connectivity index (χ4n) is 4.36. The number of aromatic nitrogens is 3. The second-order valence-electron chi connectivity index (χ2n) is 8.32. The van der Waals surface area contributed by atoms with Gasteiger partial charge in [0, 0.05) is 24.0 Å². The summed E-state index contributed by atoms with van der Waals surface area (Å²) in [5, 5.41) is 6.42. The van der Waals surface area contributed by atoms with Crippen molar-refractivity contribution in [2.75, 3.05) is 11.5 Å². The molecule has 0 saturated carbocycles. The second-order valence-corrected chi connectivity index (χ2v) is 9.85. The SMILES string of the molecule is CCCCc1nc2c(N)nc3ccccc3c2n1CCCCc1c(N)cccc1S(N)(=O)=O. The van der Waals surface area contributed by atoms with Crippen LogP contribution in [0, 0.1) is 0 Å². The first-order valence-corrected chi connectivity index (χ1v) is 12.8. The van der Waals surface area contributed by atoms with Gasteiger partial charge in [-0.1, -0.05) is 37.6 Å². The van der Waals surface area contributed by atoms with E-state index < -0.39 is 10.0 Å². The predicted octanol–water partition coefficient (Wildman–Crippen LogP) is 3.76. The van der Waals surface area contributed by atoms with Crippen LogP contribution in [0.2, 0.25) is 0 Å². The lowest BCUT2D eigenvalue weighted by Gasteiger charge is -2.13. The fraction of sp³-hybridized carbons (Fsp3) is 0.333. The van der Waals surface area contributed by atoms with Gasteiger partial charge >= 0.3 is 0 Å². The van der Waals surface area contributed by atoms with E-state index in [0.717, 1.165) is 66.4 Å². The Morgan fingerprint density at radius 2 is 1.73 bits per heavy atom. The van der Waals surface area contributed by atoms with E-state index in [4.69, 9.17) is 21.6 Å². The minimum Gasteiger partial charge on any atom is -0.398 e. The Hall–Kier alpha value is -3.17. The molecule has 4 rings (SSSR count). The molecular weight excluding hydrogens is 436 g/mol. The lowest BCUT2D eigenvalue weighted by Crippen LogP contribution is -2.15. The smallest absolute Gasteiger partial charge is 0.238 e. The van der Waals surface area contributed by atoms with Crippen LogP contribution in [0.4, 0.5) is 11.5 Å². The molecule has 0 unspecified atom stereocenters. The van der Waals surface area contributed by atoms with Crippen LogP contribution in [0.3, 0.4) is 0 Å². The highest BCUT2D eigenvalue weighted by atomic mass is 32.2. The molecule has 0 saturated heterocycles. The standard InChI is InChI=1S/C24H30N6O2S/c1-2-3-14-21-29-22-23(17-10-4-5-12-19(17)28-24(22)26)30(21)15-7-6-9-16-18(25)11-8-13-20(16)33(27,31)32/h4-5,8,10-13H,2-3,6-7,9,14-15,25H2,1H3,(H2,26,28)(H2,27,31,32). The number of aryl methyl sites for hydroxylation is 2. The summed E-state index contributed by atoms with van der Waals surface area (Å²) in [4.78, 5) is 9.49. The van der Waals surface area contributed by atoms with Crippen molar-refractivity contribution >= 4 is 43.5 Å². The summed E-state index contributed by atoms with van der Waals surface area (Å²) in [5.41, 5.74) is 16.0. The van der Waals surface area contributed by atoms with Crippen LogP contribution in [-0.2, 0) is 29.4 Å². The van der Waals surface area contributed by atoms with Gasteiger partial charge in [0.15, 0.2) is 5.82 Å². The molecule has 0 bridgehead atoms. The van der Waals surface area contributed by atoms with Crippen molar-refractivity contribution in [3.63, 3.8) is 0 Å². The average molecular weight is 467 g/mol. The monoisotopic (exact) mass is 466 g/mol. The first-order valence-electron chi connectivity index (χ1n) is 11.2. The van der Waals surface area contributed by atoms with Crippen molar-refractivity contribution < 1.29 is 8.42 Å². The van der Waals surface area contributed by atoms with Crippen molar-refractivity contribution in [2.45, 2.75) is 56.9 Å². The first kappa shape index (κ1) is 23.0. The fourth-order valence-corrected chi connectivity index (χ4v) is 5.19. The molecule has 2 heterocycles. The van der Waals surface area contributed by atoms with Gasteiger partial charge < -0.3 is 16.0 Å². The number of nitrogens with two attached hydrogens (primary N) is 3. The molecular formula is C24H30N6O2S. The van der Waals surface area contributed by atoms with Gasteiger partial charge in [-0.2, -0.15) is 0 Å². The molecule has 0 atom stereocenters. The van der Waals surface area contributed by atoms with Gasteiger partial charge in [0.1, 0.15) is 11.3 Å². The summed E-state index contributed by atoms with van der Waals surface area (Å²) in [5.74, 6) is 1.44. The van der Waals surface area contributed by atoms with Gasteiger partial charge in [0.05, 0.1) is 15.9 Å². The number of rotatable bonds is 9. The van der Waals surface area contributed by atoms with E-state index in [1.807, 2.05) is 18.2 Å². The minimum absolute atomic E-state index is 0.101. The van der Waals surface area contributed by atoms with Crippen molar-refractivity contribution in [1.82, 2.24) is 14.5 Å². The quantitative estimate of drug-likeness (QED) is 0.253. The van der Waals surface area contributed by atoms with E-state index in [2.05, 4.69) is 22.5 Å². The summed E-state index contributed by atoms with van der Waals surface area (Å²) in [7, 11) is -3.83. The summed E-state index contributed by atoms with van der Waals surface area (Å²) in [6.07, 6.45) is 5.07. The highest BCUT2D eigenvalue weighted by Gasteiger charge is 2.18. The number of sulfonamides is 1. The van der Waals surface area contributed by atoms with Crippen molar-refractivity contribution in [3.05, 3.63) is 53.9 Å². The molecule has 0 aliphatic rings. The molecule has 0 aliphatic heterocycles. The summed E-state index contributed by atoms with van der Waals surface area (Å²) in [6, 6.07) is 12.8. The lowest BCUT2D eigenvalue weighted by atomic mass is 10.1. The number of imidazole rings is 1. The maximum Gasteiger partial charge on any atom is 0.238 e. The lowest BCUT2D eigenvalue weighted by molar-refractivity contribution is 0.583. The van der Waals surface area contributed by atoms with Gasteiger partial charge in [0.25, 0.3) is 0 Å². The molecule has 174 valence electrons. The zero-order valence-electron chi connectivity index (χ0n) is 18.8. The number of unbranched alkanes of at least 4 members (excludes halogenated alkanes) is 2. The molecule has 0 radical (unpaired) electrons. The van der Waals surface area contributed by atoms with Crippen LogP contribution < -0.4 is 16.6 Å². The number of nitrogens with zero attached hydrogens (tertiary/aromatic N) is 3. The van der Waals surface area contributed by atoms with E-state index in [-0.39, 0.29) is 4.90 Å². The number of nitrogen functional groups attached to an aromatic ring is 2. The maximum atomic E-state index is 12.0. The van der Waals surface area contributed by atoms with E-state index in [0.29, 0.717) is 23.5 Å². The molecule has 0 fully saturated rings. The Morgan fingerprint density at radius 3 is 2.48 bits per heavy atom. The number of pyridine rings is 1. The average Bonchev–Trinajstić information content (AvgIpc) is 3.14. The van der Waals surface area contributed by atoms with Crippen LogP contribution >= 0.6 is 0 Å². The zero-order valence-corrected chi connectivity index (χ0v) is 19.6. The van der Waals surface area contributed by atoms with Crippen molar-refractivity contribution in [2.24, 2.45) is 5.14 Å². The number of anilines is 2. The van der Waals surface area contributed by atoms with Crippen LogP contribution in [0.15, 0.2) is 47.4 Å². The van der Waals surface area contributed by atoms with Crippen LogP contribution in [-0.4, -0.2) is 23.0 Å². The van der Waals surface area contributed by atoms with Gasteiger partial charge in [0.2, 0.25) is 10.0 Å². The van der Waals surface area contributed by atoms with Crippen molar-refractivity contribution in [1.29, 1.82) is 0 Å². The molecule has 6 N–H and O–H groups in total. The second kappa shape index (κ2) is 9.36. The Kier molecular flexibility index (Phi) is 6.53. The molecule has 9 heteroatoms. The Bertz CT molecular complexity index is 1410. The van der Waals surface area contributed by atoms with Crippen LogP contribution in [0.1, 0.15) is 44.0 Å². The highest BCUT2D eigenvalue weighted by molar-refractivity contribution is 7.89. The van der Waals surface area contributed by atoms with Gasteiger partial charge in [-0.3, -0.25) is 0 Å². The van der Waals surface area contributed by atoms with Crippen molar-refractivity contribution in [3.8, 4) is 0 Å². The van der Waals surface area contributed by atoms with Crippen LogP contribution in [0.25, 0.3) is 21.9 Å². The van der Waals surface area contributed by atoms with Crippen LogP contribution in [0.5, 0.6) is 0 Å². The van der Waals surface area contributed by atoms with Gasteiger partial charge in [-0.05, 0) is 49.4 Å². The molecule has 4 aromatic rings. The predicted molar refractivity (Wildman–Crippen MR) is 133 cm³/mol. The third-order valence-corrected chi connectivity index (χ3v) is 6.97. The van der Waals surface area contributed by atoms with E-state index in [1.165, 1.54) is 6.07 Å². The number of primary sulfonamides is 1. The third kappa shape index (κ3) is 4.65. The number of para-hydroxylation sites is 1. The molecule has 8 nitrogen and oxygen atoms in total. The maximum absolute atomic E-state index is 12.0. The topological polar surface area (TPSA) is 143 Å². The molecule has 2 aromatic carbocycles. The first-order chi connectivity index (χ1) is 15.8. The number of hydrogen-bond acceptors (Lipinski definition) is 6. The van der Waals surface area contributed by atoms with Gasteiger partial charge in [-0.15, -0.1) is 0 Å².